The van der Waals surface area contributed by atoms with Gasteiger partial charge < -0.3 is 14.8 Å². The van der Waals surface area contributed by atoms with Crippen molar-refractivity contribution in [3.63, 3.8) is 0 Å². The molecule has 0 radical (unpaired) electrons. The van der Waals surface area contributed by atoms with Gasteiger partial charge in [-0.1, -0.05) is 6.92 Å². The summed E-state index contributed by atoms with van der Waals surface area (Å²) in [5, 5.41) is 9.79. The number of thiazole rings is 2. The summed E-state index contributed by atoms with van der Waals surface area (Å²) in [7, 11) is 0. The average molecular weight is 359 g/mol. The second kappa shape index (κ2) is 6.88. The predicted octanol–water partition coefficient (Wildman–Crippen LogP) is 3.85. The molecule has 4 rings (SSSR count). The molecule has 0 unspecified atom stereocenters. The van der Waals surface area contributed by atoms with E-state index in [-0.39, 0.29) is 0 Å². The van der Waals surface area contributed by atoms with Gasteiger partial charge in [0, 0.05) is 29.4 Å². The molecule has 3 heterocycles. The van der Waals surface area contributed by atoms with Crippen molar-refractivity contribution in [2.75, 3.05) is 6.79 Å². The lowest BCUT2D eigenvalue weighted by Crippen LogP contribution is -2.13. The number of nitrogens with one attached hydrogen (secondary N) is 1. The second-order valence-corrected chi connectivity index (χ2v) is 7.20. The van der Waals surface area contributed by atoms with Gasteiger partial charge in [0.2, 0.25) is 6.79 Å². The van der Waals surface area contributed by atoms with Crippen molar-refractivity contribution in [1.29, 1.82) is 0 Å². The first-order valence-electron chi connectivity index (χ1n) is 7.80. The molecular formula is C17H17N3O2S2. The minimum atomic E-state index is 0.294. The third kappa shape index (κ3) is 3.28. The summed E-state index contributed by atoms with van der Waals surface area (Å²) in [5.41, 5.74) is 3.20. The van der Waals surface area contributed by atoms with Crippen molar-refractivity contribution < 1.29 is 9.47 Å². The van der Waals surface area contributed by atoms with Gasteiger partial charge in [0.1, 0.15) is 5.01 Å². The number of ether oxygens (including phenoxy) is 2. The highest BCUT2D eigenvalue weighted by Gasteiger charge is 2.15. The number of benzene rings is 1. The molecule has 0 atom stereocenters. The van der Waals surface area contributed by atoms with Crippen LogP contribution in [0.5, 0.6) is 11.5 Å². The zero-order valence-corrected chi connectivity index (χ0v) is 14.9. The van der Waals surface area contributed by atoms with Gasteiger partial charge in [0.15, 0.2) is 11.5 Å². The van der Waals surface area contributed by atoms with Crippen molar-refractivity contribution in [2.24, 2.45) is 0 Å². The molecule has 1 aliphatic heterocycles. The highest BCUT2D eigenvalue weighted by atomic mass is 32.1. The zero-order valence-electron chi connectivity index (χ0n) is 13.2. The van der Waals surface area contributed by atoms with Gasteiger partial charge in [-0.25, -0.2) is 9.97 Å². The van der Waals surface area contributed by atoms with E-state index in [0.29, 0.717) is 6.79 Å². The summed E-state index contributed by atoms with van der Waals surface area (Å²) >= 11 is 3.36. The fourth-order valence-electron chi connectivity index (χ4n) is 2.46. The summed E-state index contributed by atoms with van der Waals surface area (Å²) in [5.74, 6) is 1.59. The molecule has 0 amide bonds. The van der Waals surface area contributed by atoms with E-state index in [1.54, 1.807) is 22.7 Å². The molecule has 0 aliphatic carbocycles. The van der Waals surface area contributed by atoms with Crippen LogP contribution >= 0.6 is 22.7 Å². The lowest BCUT2D eigenvalue weighted by molar-refractivity contribution is 0.174. The van der Waals surface area contributed by atoms with Gasteiger partial charge in [-0.15, -0.1) is 22.7 Å². The summed E-state index contributed by atoms with van der Waals surface area (Å²) in [4.78, 5) is 9.26. The molecule has 2 aromatic heterocycles. The Bertz CT molecular complexity index is 844. The molecule has 0 spiro atoms. The fraction of sp³-hybridized carbons (Fsp3) is 0.294. The first-order valence-corrected chi connectivity index (χ1v) is 9.56. The van der Waals surface area contributed by atoms with Crippen LogP contribution < -0.4 is 14.8 Å². The second-order valence-electron chi connectivity index (χ2n) is 5.40. The van der Waals surface area contributed by atoms with Crippen LogP contribution in [0.1, 0.15) is 23.3 Å². The largest absolute Gasteiger partial charge is 0.454 e. The van der Waals surface area contributed by atoms with Crippen LogP contribution in [0.4, 0.5) is 0 Å². The molecule has 1 N–H and O–H groups in total. The van der Waals surface area contributed by atoms with E-state index in [9.17, 15) is 0 Å². The number of aryl methyl sites for hydroxylation is 1. The molecule has 124 valence electrons. The predicted molar refractivity (Wildman–Crippen MR) is 95.7 cm³/mol. The van der Waals surface area contributed by atoms with Crippen molar-refractivity contribution >= 4 is 22.7 Å². The number of aromatic nitrogens is 2. The molecule has 0 saturated heterocycles. The summed E-state index contributed by atoms with van der Waals surface area (Å²) in [6.07, 6.45) is 0.996. The minimum absolute atomic E-state index is 0.294. The van der Waals surface area contributed by atoms with Crippen LogP contribution in [-0.4, -0.2) is 16.8 Å². The van der Waals surface area contributed by atoms with Crippen LogP contribution in [0.15, 0.2) is 29.0 Å². The van der Waals surface area contributed by atoms with Crippen LogP contribution in [0.3, 0.4) is 0 Å². The minimum Gasteiger partial charge on any atom is -0.454 e. The van der Waals surface area contributed by atoms with Crippen molar-refractivity contribution in [3.8, 4) is 22.1 Å². The van der Waals surface area contributed by atoms with E-state index in [1.165, 1.54) is 5.01 Å². The lowest BCUT2D eigenvalue weighted by atomic mass is 10.2. The molecule has 1 aliphatic rings. The Kier molecular flexibility index (Phi) is 4.46. The standard InChI is InChI=1S/C17H17N3O2S2/c1-2-16-19-12(8-23-16)6-18-7-13-9-24-17(20-13)11-3-4-14-15(5-11)22-10-21-14/h3-5,8-9,18H,2,6-7,10H2,1H3. The highest BCUT2D eigenvalue weighted by Crippen LogP contribution is 2.36. The average Bonchev–Trinajstić information content (AvgIpc) is 3.34. The monoisotopic (exact) mass is 359 g/mol. The summed E-state index contributed by atoms with van der Waals surface area (Å²) in [6.45, 7) is 3.93. The molecule has 1 aromatic carbocycles. The maximum Gasteiger partial charge on any atom is 0.231 e. The molecule has 0 bridgehead atoms. The van der Waals surface area contributed by atoms with E-state index in [2.05, 4.69) is 28.0 Å². The third-order valence-electron chi connectivity index (χ3n) is 3.69. The van der Waals surface area contributed by atoms with Gasteiger partial charge in [0.05, 0.1) is 16.4 Å². The van der Waals surface area contributed by atoms with E-state index in [0.717, 1.165) is 53.0 Å². The zero-order chi connectivity index (χ0) is 16.4. The molecule has 0 fully saturated rings. The Morgan fingerprint density at radius 1 is 1.04 bits per heavy atom. The van der Waals surface area contributed by atoms with E-state index in [4.69, 9.17) is 14.5 Å². The Hall–Kier alpha value is -1.96. The Balaban J connectivity index is 1.38. The highest BCUT2D eigenvalue weighted by molar-refractivity contribution is 7.13. The molecule has 3 aromatic rings. The smallest absolute Gasteiger partial charge is 0.231 e. The maximum absolute atomic E-state index is 5.43. The Morgan fingerprint density at radius 3 is 2.67 bits per heavy atom. The van der Waals surface area contributed by atoms with Gasteiger partial charge in [-0.3, -0.25) is 0 Å². The summed E-state index contributed by atoms with van der Waals surface area (Å²) < 4.78 is 10.8. The van der Waals surface area contributed by atoms with E-state index in [1.807, 2.05) is 18.2 Å². The van der Waals surface area contributed by atoms with Gasteiger partial charge in [0.25, 0.3) is 0 Å². The number of nitrogens with zero attached hydrogens (tertiary/aromatic N) is 2. The van der Waals surface area contributed by atoms with E-state index >= 15 is 0 Å². The van der Waals surface area contributed by atoms with Crippen molar-refractivity contribution in [3.05, 3.63) is 45.4 Å². The van der Waals surface area contributed by atoms with Gasteiger partial charge in [-0.05, 0) is 24.6 Å². The topological polar surface area (TPSA) is 56.3 Å². The number of hydrogen-bond donors (Lipinski definition) is 1. The molecular weight excluding hydrogens is 342 g/mol. The summed E-state index contributed by atoms with van der Waals surface area (Å²) in [6, 6.07) is 5.94. The first kappa shape index (κ1) is 15.6. The van der Waals surface area contributed by atoms with Crippen LogP contribution in [0, 0.1) is 0 Å². The maximum atomic E-state index is 5.43. The molecule has 5 nitrogen and oxygen atoms in total. The molecule has 7 heteroatoms. The Morgan fingerprint density at radius 2 is 1.83 bits per heavy atom. The van der Waals surface area contributed by atoms with Gasteiger partial charge >= 0.3 is 0 Å². The lowest BCUT2D eigenvalue weighted by Gasteiger charge is -2.00. The van der Waals surface area contributed by atoms with Gasteiger partial charge in [-0.2, -0.15) is 0 Å². The SMILES string of the molecule is CCc1nc(CNCc2csc(-c3ccc4c(c3)OCO4)n2)cs1. The molecule has 24 heavy (non-hydrogen) atoms. The normalized spacial score (nSPS) is 12.7. The van der Waals surface area contributed by atoms with E-state index < -0.39 is 0 Å². The van der Waals surface area contributed by atoms with Crippen LogP contribution in [0.25, 0.3) is 10.6 Å². The van der Waals surface area contributed by atoms with Crippen LogP contribution in [-0.2, 0) is 19.5 Å². The number of hydrogen-bond acceptors (Lipinski definition) is 7. The van der Waals surface area contributed by atoms with Crippen LogP contribution in [0.2, 0.25) is 0 Å². The van der Waals surface area contributed by atoms with Crippen molar-refractivity contribution in [1.82, 2.24) is 15.3 Å². The number of fused-ring (bicyclic) bond motifs is 1. The fourth-order valence-corrected chi connectivity index (χ4v) is 4.02. The Labute approximate surface area is 148 Å². The molecule has 0 saturated carbocycles. The number of rotatable bonds is 6. The first-order chi connectivity index (χ1) is 11.8. The van der Waals surface area contributed by atoms with Crippen molar-refractivity contribution in [2.45, 2.75) is 26.4 Å². The quantitative estimate of drug-likeness (QED) is 0.724. The third-order valence-corrected chi connectivity index (χ3v) is 5.67.